The summed E-state index contributed by atoms with van der Waals surface area (Å²) in [7, 11) is 0. The predicted octanol–water partition coefficient (Wildman–Crippen LogP) is 6.75. The zero-order valence-electron chi connectivity index (χ0n) is 20.7. The molecule has 4 heteroatoms. The molecule has 0 saturated heterocycles. The fourth-order valence-corrected chi connectivity index (χ4v) is 6.55. The summed E-state index contributed by atoms with van der Waals surface area (Å²) in [5.41, 5.74) is 3.63. The van der Waals surface area contributed by atoms with Crippen molar-refractivity contribution >= 4 is 11.9 Å². The number of benzene rings is 1. The second kappa shape index (κ2) is 10.7. The largest absolute Gasteiger partial charge is 0.478 e. The Balaban J connectivity index is 1.65. The van der Waals surface area contributed by atoms with Gasteiger partial charge in [-0.25, -0.2) is 4.79 Å². The molecule has 2 aliphatic rings. The van der Waals surface area contributed by atoms with Crippen molar-refractivity contribution in [1.29, 1.82) is 0 Å². The lowest BCUT2D eigenvalue weighted by Gasteiger charge is -2.57. The van der Waals surface area contributed by atoms with Crippen molar-refractivity contribution in [2.75, 3.05) is 6.61 Å². The van der Waals surface area contributed by atoms with E-state index in [2.05, 4.69) is 26.8 Å². The van der Waals surface area contributed by atoms with Crippen molar-refractivity contribution in [2.45, 2.75) is 79.1 Å². The van der Waals surface area contributed by atoms with Gasteiger partial charge in [0.05, 0.1) is 6.61 Å². The number of carboxylic acid groups (broad SMARTS) is 1. The second-order valence-corrected chi connectivity index (χ2v) is 10.8. The van der Waals surface area contributed by atoms with Gasteiger partial charge in [-0.3, -0.25) is 4.79 Å². The minimum absolute atomic E-state index is 0.0309. The number of fused-ring (bicyclic) bond motifs is 1. The van der Waals surface area contributed by atoms with Crippen LogP contribution in [0.3, 0.4) is 0 Å². The summed E-state index contributed by atoms with van der Waals surface area (Å²) in [5, 5.41) is 9.06. The fourth-order valence-electron chi connectivity index (χ4n) is 6.55. The van der Waals surface area contributed by atoms with Gasteiger partial charge >= 0.3 is 11.9 Å². The summed E-state index contributed by atoms with van der Waals surface area (Å²) >= 11 is 0. The second-order valence-electron chi connectivity index (χ2n) is 10.8. The van der Waals surface area contributed by atoms with Gasteiger partial charge in [0.25, 0.3) is 0 Å². The SMILES string of the molecule is CC(=CC(=O)O)CCC1C(C)=CCC2C(C)(COC(=O)CCc3ccccc3)CCCC12C. The van der Waals surface area contributed by atoms with Crippen LogP contribution in [-0.4, -0.2) is 23.7 Å². The first-order valence-electron chi connectivity index (χ1n) is 12.4. The summed E-state index contributed by atoms with van der Waals surface area (Å²) in [6.07, 6.45) is 11.0. The van der Waals surface area contributed by atoms with Crippen molar-refractivity contribution in [1.82, 2.24) is 0 Å². The van der Waals surface area contributed by atoms with E-state index in [9.17, 15) is 9.59 Å². The summed E-state index contributed by atoms with van der Waals surface area (Å²) < 4.78 is 5.87. The molecule has 33 heavy (non-hydrogen) atoms. The van der Waals surface area contributed by atoms with Crippen molar-refractivity contribution < 1.29 is 19.4 Å². The van der Waals surface area contributed by atoms with Crippen molar-refractivity contribution in [3.05, 3.63) is 59.2 Å². The first-order chi connectivity index (χ1) is 15.6. The van der Waals surface area contributed by atoms with E-state index < -0.39 is 5.97 Å². The number of aliphatic carboxylic acids is 1. The van der Waals surface area contributed by atoms with Crippen LogP contribution in [0.4, 0.5) is 0 Å². The van der Waals surface area contributed by atoms with Gasteiger partial charge in [-0.2, -0.15) is 0 Å². The molecule has 0 radical (unpaired) electrons. The van der Waals surface area contributed by atoms with Crippen LogP contribution in [0.1, 0.15) is 78.2 Å². The molecule has 1 aromatic rings. The molecule has 4 unspecified atom stereocenters. The highest BCUT2D eigenvalue weighted by molar-refractivity contribution is 5.80. The number of allylic oxidation sites excluding steroid dienone is 3. The average Bonchev–Trinajstić information content (AvgIpc) is 2.76. The van der Waals surface area contributed by atoms with Gasteiger partial charge in [0.1, 0.15) is 0 Å². The third kappa shape index (κ3) is 6.16. The van der Waals surface area contributed by atoms with E-state index in [0.717, 1.165) is 43.2 Å². The molecule has 0 heterocycles. The number of carbonyl (C=O) groups is 2. The smallest absolute Gasteiger partial charge is 0.328 e. The molecule has 1 saturated carbocycles. The van der Waals surface area contributed by atoms with Gasteiger partial charge in [-0.05, 0) is 75.2 Å². The maximum Gasteiger partial charge on any atom is 0.328 e. The zero-order valence-corrected chi connectivity index (χ0v) is 20.7. The van der Waals surface area contributed by atoms with Crippen LogP contribution in [0.15, 0.2) is 53.6 Å². The van der Waals surface area contributed by atoms with Gasteiger partial charge in [0, 0.05) is 17.9 Å². The molecule has 0 spiro atoms. The minimum Gasteiger partial charge on any atom is -0.478 e. The number of carboxylic acids is 1. The van der Waals surface area contributed by atoms with Crippen LogP contribution < -0.4 is 0 Å². The third-order valence-electron chi connectivity index (χ3n) is 8.34. The third-order valence-corrected chi connectivity index (χ3v) is 8.34. The summed E-state index contributed by atoms with van der Waals surface area (Å²) in [5.74, 6) is -0.0902. The summed E-state index contributed by atoms with van der Waals surface area (Å²) in [4.78, 5) is 23.6. The number of hydrogen-bond donors (Lipinski definition) is 1. The summed E-state index contributed by atoms with van der Waals surface area (Å²) in [6, 6.07) is 10.1. The Morgan fingerprint density at radius 3 is 2.58 bits per heavy atom. The Kier molecular flexibility index (Phi) is 8.20. The van der Waals surface area contributed by atoms with E-state index in [0.29, 0.717) is 31.3 Å². The molecule has 1 fully saturated rings. The average molecular weight is 453 g/mol. The fraction of sp³-hybridized carbons (Fsp3) is 0.586. The highest BCUT2D eigenvalue weighted by Crippen LogP contribution is 2.60. The molecule has 4 atom stereocenters. The molecule has 1 aromatic carbocycles. The highest BCUT2D eigenvalue weighted by atomic mass is 16.5. The minimum atomic E-state index is -0.869. The van der Waals surface area contributed by atoms with Crippen LogP contribution in [0, 0.1) is 22.7 Å². The molecule has 0 aliphatic heterocycles. The van der Waals surface area contributed by atoms with Gasteiger partial charge in [0.15, 0.2) is 0 Å². The molecular formula is C29H40O4. The molecule has 0 amide bonds. The first kappa shape index (κ1) is 25.3. The van der Waals surface area contributed by atoms with Crippen LogP contribution >= 0.6 is 0 Å². The number of aryl methyl sites for hydroxylation is 1. The van der Waals surface area contributed by atoms with E-state index in [-0.39, 0.29) is 16.8 Å². The molecule has 180 valence electrons. The van der Waals surface area contributed by atoms with E-state index in [4.69, 9.17) is 9.84 Å². The Morgan fingerprint density at radius 1 is 1.15 bits per heavy atom. The predicted molar refractivity (Wildman–Crippen MR) is 132 cm³/mol. The Morgan fingerprint density at radius 2 is 1.88 bits per heavy atom. The normalized spacial score (nSPS) is 29.7. The van der Waals surface area contributed by atoms with Crippen LogP contribution in [0.2, 0.25) is 0 Å². The van der Waals surface area contributed by atoms with Crippen LogP contribution in [0.25, 0.3) is 0 Å². The van der Waals surface area contributed by atoms with Crippen LogP contribution in [-0.2, 0) is 20.7 Å². The molecule has 0 aromatic heterocycles. The number of ether oxygens (including phenoxy) is 1. The van der Waals surface area contributed by atoms with Gasteiger partial charge < -0.3 is 9.84 Å². The molecule has 4 nitrogen and oxygen atoms in total. The molecular weight excluding hydrogens is 412 g/mol. The number of carbonyl (C=O) groups excluding carboxylic acids is 1. The van der Waals surface area contributed by atoms with E-state index in [1.165, 1.54) is 18.1 Å². The lowest BCUT2D eigenvalue weighted by Crippen LogP contribution is -2.51. The first-order valence-corrected chi connectivity index (χ1v) is 12.4. The molecule has 3 rings (SSSR count). The van der Waals surface area contributed by atoms with Crippen molar-refractivity contribution in [2.24, 2.45) is 22.7 Å². The van der Waals surface area contributed by atoms with Crippen LogP contribution in [0.5, 0.6) is 0 Å². The van der Waals surface area contributed by atoms with Crippen molar-refractivity contribution in [3.8, 4) is 0 Å². The number of esters is 1. The monoisotopic (exact) mass is 452 g/mol. The standard InChI is InChI=1S/C29H40O4/c1-21(19-26(30)31)11-14-24-22(2)12-15-25-28(3,17-8-18-29(24,25)4)20-33-27(32)16-13-23-9-6-5-7-10-23/h5-7,9-10,12,19,24-25H,8,11,13-18,20H2,1-4H3,(H,30,31). The van der Waals surface area contributed by atoms with E-state index >= 15 is 0 Å². The Labute approximate surface area is 199 Å². The topological polar surface area (TPSA) is 63.6 Å². The molecule has 2 aliphatic carbocycles. The Hall–Kier alpha value is -2.36. The van der Waals surface area contributed by atoms with Gasteiger partial charge in [-0.15, -0.1) is 0 Å². The maximum atomic E-state index is 12.5. The van der Waals surface area contributed by atoms with E-state index in [1.54, 1.807) is 0 Å². The molecule has 1 N–H and O–H groups in total. The summed E-state index contributed by atoms with van der Waals surface area (Å²) in [6.45, 7) is 9.36. The number of hydrogen-bond acceptors (Lipinski definition) is 3. The van der Waals surface area contributed by atoms with Gasteiger partial charge in [-0.1, -0.05) is 67.8 Å². The molecule has 0 bridgehead atoms. The van der Waals surface area contributed by atoms with E-state index in [1.807, 2.05) is 37.3 Å². The maximum absolute atomic E-state index is 12.5. The lowest BCUT2D eigenvalue weighted by molar-refractivity contribution is -0.154. The highest BCUT2D eigenvalue weighted by Gasteiger charge is 2.53. The quantitative estimate of drug-likeness (QED) is 0.256. The van der Waals surface area contributed by atoms with Gasteiger partial charge in [0.2, 0.25) is 0 Å². The zero-order chi connectivity index (χ0) is 24.1. The lowest BCUT2D eigenvalue weighted by atomic mass is 9.48. The van der Waals surface area contributed by atoms with Crippen molar-refractivity contribution in [3.63, 3.8) is 0 Å². The number of rotatable bonds is 9. The Bertz CT molecular complexity index is 899.